The Bertz CT molecular complexity index is 406. The number of hydrogen-bond donors (Lipinski definition) is 1. The minimum Gasteiger partial charge on any atom is -0.370 e. The van der Waals surface area contributed by atoms with Crippen LogP contribution in [0.1, 0.15) is 18.9 Å². The van der Waals surface area contributed by atoms with Crippen molar-refractivity contribution in [2.75, 3.05) is 18.0 Å². The summed E-state index contributed by atoms with van der Waals surface area (Å²) in [5.41, 5.74) is 7.72. The molecule has 84 valence electrons. The molecular weight excluding hydrogens is 198 g/mol. The van der Waals surface area contributed by atoms with Gasteiger partial charge in [0.1, 0.15) is 6.07 Å². The van der Waals surface area contributed by atoms with Crippen molar-refractivity contribution < 1.29 is 0 Å². The minimum absolute atomic E-state index is 0.235. The van der Waals surface area contributed by atoms with Crippen molar-refractivity contribution in [1.82, 2.24) is 0 Å². The molecule has 16 heavy (non-hydrogen) atoms. The van der Waals surface area contributed by atoms with Gasteiger partial charge in [-0.15, -0.1) is 0 Å². The van der Waals surface area contributed by atoms with Gasteiger partial charge in [0.25, 0.3) is 0 Å². The van der Waals surface area contributed by atoms with E-state index in [0.717, 1.165) is 30.8 Å². The highest BCUT2D eigenvalue weighted by atomic mass is 15.2. The van der Waals surface area contributed by atoms with Crippen molar-refractivity contribution in [3.8, 4) is 6.07 Å². The predicted octanol–water partition coefficient (Wildman–Crippen LogP) is 1.73. The summed E-state index contributed by atoms with van der Waals surface area (Å²) in [4.78, 5) is 2.27. The van der Waals surface area contributed by atoms with E-state index < -0.39 is 0 Å². The molecule has 0 aliphatic carbocycles. The molecule has 0 aromatic heterocycles. The van der Waals surface area contributed by atoms with Gasteiger partial charge >= 0.3 is 0 Å². The largest absolute Gasteiger partial charge is 0.370 e. The number of nitriles is 1. The highest BCUT2D eigenvalue weighted by molar-refractivity contribution is 5.59. The zero-order chi connectivity index (χ0) is 11.5. The van der Waals surface area contributed by atoms with Gasteiger partial charge in [-0.2, -0.15) is 5.26 Å². The molecule has 2 atom stereocenters. The summed E-state index contributed by atoms with van der Waals surface area (Å²) < 4.78 is 0. The van der Waals surface area contributed by atoms with E-state index in [9.17, 15) is 0 Å². The van der Waals surface area contributed by atoms with Gasteiger partial charge in [-0.05, 0) is 31.4 Å². The van der Waals surface area contributed by atoms with Gasteiger partial charge in [-0.1, -0.05) is 12.1 Å². The van der Waals surface area contributed by atoms with Crippen LogP contribution in [-0.4, -0.2) is 19.1 Å². The van der Waals surface area contributed by atoms with Gasteiger partial charge < -0.3 is 10.6 Å². The van der Waals surface area contributed by atoms with E-state index in [-0.39, 0.29) is 6.04 Å². The molecule has 0 bridgehead atoms. The van der Waals surface area contributed by atoms with Gasteiger partial charge in [0.05, 0.1) is 11.3 Å². The molecule has 1 aliphatic heterocycles. The van der Waals surface area contributed by atoms with Crippen molar-refractivity contribution in [3.63, 3.8) is 0 Å². The van der Waals surface area contributed by atoms with Gasteiger partial charge in [0.2, 0.25) is 0 Å². The molecule has 1 aromatic carbocycles. The van der Waals surface area contributed by atoms with Crippen LogP contribution < -0.4 is 10.6 Å². The smallest absolute Gasteiger partial charge is 0.101 e. The van der Waals surface area contributed by atoms with Crippen LogP contribution in [0.4, 0.5) is 5.69 Å². The number of rotatable bonds is 2. The number of benzene rings is 1. The number of nitrogens with two attached hydrogens (primary N) is 1. The number of hydrogen-bond acceptors (Lipinski definition) is 3. The lowest BCUT2D eigenvalue weighted by Gasteiger charge is -2.20. The van der Waals surface area contributed by atoms with Crippen molar-refractivity contribution in [3.05, 3.63) is 29.8 Å². The van der Waals surface area contributed by atoms with Gasteiger partial charge in [0.15, 0.2) is 0 Å². The Kier molecular flexibility index (Phi) is 3.12. The molecule has 3 nitrogen and oxygen atoms in total. The molecule has 0 radical (unpaired) electrons. The fourth-order valence-electron chi connectivity index (χ4n) is 2.28. The summed E-state index contributed by atoms with van der Waals surface area (Å²) in [6, 6.07) is 10.3. The molecule has 0 spiro atoms. The van der Waals surface area contributed by atoms with Crippen molar-refractivity contribution in [2.45, 2.75) is 19.4 Å². The summed E-state index contributed by atoms with van der Waals surface area (Å²) in [5.74, 6) is 0.548. The molecule has 1 aromatic rings. The van der Waals surface area contributed by atoms with Gasteiger partial charge in [0, 0.05) is 19.1 Å². The Balaban J connectivity index is 2.18. The maximum atomic E-state index is 9.05. The molecule has 2 N–H and O–H groups in total. The standard InChI is InChI=1S/C13H17N3/c1-10(15)12-6-7-16(9-12)13-5-3-2-4-11(13)8-14/h2-5,10,12H,6-7,9,15H2,1H3. The lowest BCUT2D eigenvalue weighted by Crippen LogP contribution is -2.29. The fraction of sp³-hybridized carbons (Fsp3) is 0.462. The third kappa shape index (κ3) is 2.02. The zero-order valence-electron chi connectivity index (χ0n) is 9.56. The minimum atomic E-state index is 0.235. The van der Waals surface area contributed by atoms with E-state index in [1.165, 1.54) is 0 Å². The van der Waals surface area contributed by atoms with Crippen LogP contribution in [0.25, 0.3) is 0 Å². The number of nitrogens with zero attached hydrogens (tertiary/aromatic N) is 2. The summed E-state index contributed by atoms with van der Waals surface area (Å²) >= 11 is 0. The van der Waals surface area contributed by atoms with E-state index in [2.05, 4.69) is 17.9 Å². The van der Waals surface area contributed by atoms with E-state index in [0.29, 0.717) is 5.92 Å². The third-order valence-electron chi connectivity index (χ3n) is 3.33. The monoisotopic (exact) mass is 215 g/mol. The van der Waals surface area contributed by atoms with Crippen LogP contribution in [0.3, 0.4) is 0 Å². The predicted molar refractivity (Wildman–Crippen MR) is 65.1 cm³/mol. The molecular formula is C13H17N3. The summed E-state index contributed by atoms with van der Waals surface area (Å²) in [6.07, 6.45) is 1.12. The first-order valence-electron chi connectivity index (χ1n) is 5.72. The van der Waals surface area contributed by atoms with Crippen LogP contribution in [0.5, 0.6) is 0 Å². The Morgan fingerprint density at radius 1 is 1.50 bits per heavy atom. The highest BCUT2D eigenvalue weighted by Crippen LogP contribution is 2.27. The van der Waals surface area contributed by atoms with Crippen LogP contribution in [0.2, 0.25) is 0 Å². The molecule has 1 heterocycles. The Morgan fingerprint density at radius 3 is 2.88 bits per heavy atom. The lowest BCUT2D eigenvalue weighted by atomic mass is 10.0. The molecule has 1 saturated heterocycles. The average Bonchev–Trinajstić information content (AvgIpc) is 2.78. The van der Waals surface area contributed by atoms with E-state index in [1.807, 2.05) is 24.3 Å². The molecule has 0 amide bonds. The lowest BCUT2D eigenvalue weighted by molar-refractivity contribution is 0.488. The first-order chi connectivity index (χ1) is 7.72. The average molecular weight is 215 g/mol. The Labute approximate surface area is 96.5 Å². The van der Waals surface area contributed by atoms with Crippen molar-refractivity contribution in [1.29, 1.82) is 5.26 Å². The third-order valence-corrected chi connectivity index (χ3v) is 3.33. The molecule has 2 rings (SSSR count). The Hall–Kier alpha value is -1.53. The van der Waals surface area contributed by atoms with Crippen molar-refractivity contribution in [2.24, 2.45) is 11.7 Å². The second-order valence-electron chi connectivity index (χ2n) is 4.48. The second kappa shape index (κ2) is 4.54. The molecule has 2 unspecified atom stereocenters. The quantitative estimate of drug-likeness (QED) is 0.817. The van der Waals surface area contributed by atoms with Crippen LogP contribution in [0.15, 0.2) is 24.3 Å². The summed E-state index contributed by atoms with van der Waals surface area (Å²) in [5, 5.41) is 9.05. The van der Waals surface area contributed by atoms with E-state index >= 15 is 0 Å². The molecule has 0 saturated carbocycles. The second-order valence-corrected chi connectivity index (χ2v) is 4.48. The molecule has 1 aliphatic rings. The Morgan fingerprint density at radius 2 is 2.25 bits per heavy atom. The highest BCUT2D eigenvalue weighted by Gasteiger charge is 2.26. The zero-order valence-corrected chi connectivity index (χ0v) is 9.56. The first kappa shape index (κ1) is 11.0. The van der Waals surface area contributed by atoms with E-state index in [4.69, 9.17) is 11.0 Å². The normalized spacial score (nSPS) is 21.8. The fourth-order valence-corrected chi connectivity index (χ4v) is 2.28. The summed E-state index contributed by atoms with van der Waals surface area (Å²) in [7, 11) is 0. The maximum absolute atomic E-state index is 9.05. The van der Waals surface area contributed by atoms with Crippen LogP contribution in [0, 0.1) is 17.2 Å². The van der Waals surface area contributed by atoms with Gasteiger partial charge in [-0.25, -0.2) is 0 Å². The topological polar surface area (TPSA) is 53.0 Å². The van der Waals surface area contributed by atoms with Crippen molar-refractivity contribution >= 4 is 5.69 Å². The number of para-hydroxylation sites is 1. The number of anilines is 1. The van der Waals surface area contributed by atoms with Crippen LogP contribution in [-0.2, 0) is 0 Å². The molecule has 1 fully saturated rings. The van der Waals surface area contributed by atoms with Crippen LogP contribution >= 0.6 is 0 Å². The van der Waals surface area contributed by atoms with E-state index in [1.54, 1.807) is 0 Å². The molecule has 3 heteroatoms. The first-order valence-corrected chi connectivity index (χ1v) is 5.72. The maximum Gasteiger partial charge on any atom is 0.101 e. The summed E-state index contributed by atoms with van der Waals surface area (Å²) in [6.45, 7) is 4.03. The van der Waals surface area contributed by atoms with Gasteiger partial charge in [-0.3, -0.25) is 0 Å². The SMILES string of the molecule is CC(N)C1CCN(c2ccccc2C#N)C1.